The summed E-state index contributed by atoms with van der Waals surface area (Å²) in [5, 5.41) is 6.12. The Bertz CT molecular complexity index is 379. The lowest BCUT2D eigenvalue weighted by Crippen LogP contribution is -2.19. The Kier molecular flexibility index (Phi) is 8.62. The van der Waals surface area contributed by atoms with Crippen molar-refractivity contribution in [3.05, 3.63) is 29.8 Å². The molecule has 1 aromatic rings. The summed E-state index contributed by atoms with van der Waals surface area (Å²) in [7, 11) is 1.60. The highest BCUT2D eigenvalue weighted by Gasteiger charge is 2.02. The van der Waals surface area contributed by atoms with Crippen molar-refractivity contribution < 1.29 is 14.3 Å². The van der Waals surface area contributed by atoms with Crippen molar-refractivity contribution in [1.29, 1.82) is 0 Å². The van der Waals surface area contributed by atoms with Gasteiger partial charge in [-0.25, -0.2) is 0 Å². The fourth-order valence-electron chi connectivity index (χ4n) is 1.62. The average Bonchev–Trinajstić information content (AvgIpc) is 2.46. The second-order valence-electron chi connectivity index (χ2n) is 4.47. The first kappa shape index (κ1) is 16.6. The van der Waals surface area contributed by atoms with Crippen molar-refractivity contribution in [2.75, 3.05) is 38.8 Å². The standard InChI is InChI=1S/C15H24N2O3/c1-3-8-16-11-13-4-6-14(7-5-13)17-15(18)12-20-10-9-19-2/h4-7,16H,3,8-12H2,1-2H3,(H,17,18). The van der Waals surface area contributed by atoms with Crippen molar-refractivity contribution in [2.24, 2.45) is 0 Å². The number of rotatable bonds is 10. The summed E-state index contributed by atoms with van der Waals surface area (Å²) in [4.78, 5) is 11.6. The summed E-state index contributed by atoms with van der Waals surface area (Å²) in [6.07, 6.45) is 1.12. The molecule has 1 aromatic carbocycles. The molecule has 5 nitrogen and oxygen atoms in total. The Morgan fingerprint density at radius 2 is 1.95 bits per heavy atom. The Labute approximate surface area is 120 Å². The van der Waals surface area contributed by atoms with E-state index in [1.165, 1.54) is 5.56 Å². The molecule has 0 radical (unpaired) electrons. The second-order valence-corrected chi connectivity index (χ2v) is 4.47. The average molecular weight is 280 g/mol. The van der Waals surface area contributed by atoms with Crippen molar-refractivity contribution >= 4 is 11.6 Å². The molecule has 0 atom stereocenters. The minimum atomic E-state index is -0.155. The molecule has 1 amide bonds. The Hall–Kier alpha value is -1.43. The van der Waals surface area contributed by atoms with E-state index >= 15 is 0 Å². The van der Waals surface area contributed by atoms with Crippen LogP contribution in [0.1, 0.15) is 18.9 Å². The molecule has 0 aliphatic carbocycles. The largest absolute Gasteiger partial charge is 0.382 e. The van der Waals surface area contributed by atoms with Crippen LogP contribution in [0.15, 0.2) is 24.3 Å². The molecule has 0 saturated carbocycles. The predicted octanol–water partition coefficient (Wildman–Crippen LogP) is 1.79. The third-order valence-electron chi connectivity index (χ3n) is 2.66. The zero-order chi connectivity index (χ0) is 14.6. The molecule has 0 saturated heterocycles. The third kappa shape index (κ3) is 7.23. The number of anilines is 1. The van der Waals surface area contributed by atoms with E-state index in [1.807, 2.05) is 24.3 Å². The first-order valence-electron chi connectivity index (χ1n) is 6.92. The van der Waals surface area contributed by atoms with Crippen LogP contribution < -0.4 is 10.6 Å². The number of hydrogen-bond acceptors (Lipinski definition) is 4. The molecule has 0 heterocycles. The van der Waals surface area contributed by atoms with Gasteiger partial charge in [0.05, 0.1) is 13.2 Å². The SMILES string of the molecule is CCCNCc1ccc(NC(=O)COCCOC)cc1. The lowest BCUT2D eigenvalue weighted by atomic mass is 10.2. The first-order valence-corrected chi connectivity index (χ1v) is 6.92. The van der Waals surface area contributed by atoms with Crippen molar-refractivity contribution in [3.63, 3.8) is 0 Å². The number of carbonyl (C=O) groups excluding carboxylic acids is 1. The lowest BCUT2D eigenvalue weighted by molar-refractivity contribution is -0.121. The van der Waals surface area contributed by atoms with E-state index in [0.29, 0.717) is 13.2 Å². The van der Waals surface area contributed by atoms with Crippen LogP contribution in [0.2, 0.25) is 0 Å². The second kappa shape index (κ2) is 10.4. The van der Waals surface area contributed by atoms with Crippen LogP contribution in [0.25, 0.3) is 0 Å². The molecule has 2 N–H and O–H groups in total. The van der Waals surface area contributed by atoms with Crippen LogP contribution in [0.4, 0.5) is 5.69 Å². The highest BCUT2D eigenvalue weighted by atomic mass is 16.5. The van der Waals surface area contributed by atoms with Crippen LogP contribution in [-0.4, -0.2) is 39.4 Å². The van der Waals surface area contributed by atoms with Gasteiger partial charge >= 0.3 is 0 Å². The predicted molar refractivity (Wildman–Crippen MR) is 79.8 cm³/mol. The summed E-state index contributed by atoms with van der Waals surface area (Å²) in [6, 6.07) is 7.81. The quantitative estimate of drug-likeness (QED) is 0.642. The van der Waals surface area contributed by atoms with Crippen molar-refractivity contribution in [2.45, 2.75) is 19.9 Å². The van der Waals surface area contributed by atoms with E-state index in [0.717, 1.165) is 25.2 Å². The molecule has 0 aliphatic rings. The molecule has 112 valence electrons. The maximum absolute atomic E-state index is 11.6. The van der Waals surface area contributed by atoms with E-state index in [-0.39, 0.29) is 12.5 Å². The normalized spacial score (nSPS) is 10.5. The van der Waals surface area contributed by atoms with Crippen LogP contribution >= 0.6 is 0 Å². The lowest BCUT2D eigenvalue weighted by Gasteiger charge is -2.08. The molecule has 0 aliphatic heterocycles. The minimum Gasteiger partial charge on any atom is -0.382 e. The van der Waals surface area contributed by atoms with Crippen LogP contribution in [-0.2, 0) is 20.8 Å². The van der Waals surface area contributed by atoms with Gasteiger partial charge in [-0.3, -0.25) is 4.79 Å². The number of methoxy groups -OCH3 is 1. The topological polar surface area (TPSA) is 59.6 Å². The summed E-state index contributed by atoms with van der Waals surface area (Å²) >= 11 is 0. The molecule has 0 aromatic heterocycles. The smallest absolute Gasteiger partial charge is 0.250 e. The first-order chi connectivity index (χ1) is 9.76. The van der Waals surface area contributed by atoms with E-state index in [1.54, 1.807) is 7.11 Å². The van der Waals surface area contributed by atoms with Gasteiger partial charge < -0.3 is 20.1 Å². The molecular formula is C15H24N2O3. The summed E-state index contributed by atoms with van der Waals surface area (Å²) in [5.41, 5.74) is 1.98. The Morgan fingerprint density at radius 3 is 2.60 bits per heavy atom. The van der Waals surface area contributed by atoms with Gasteiger partial charge in [0.1, 0.15) is 6.61 Å². The fourth-order valence-corrected chi connectivity index (χ4v) is 1.62. The highest BCUT2D eigenvalue weighted by molar-refractivity contribution is 5.91. The maximum Gasteiger partial charge on any atom is 0.250 e. The molecular weight excluding hydrogens is 256 g/mol. The third-order valence-corrected chi connectivity index (χ3v) is 2.66. The number of amides is 1. The molecule has 0 bridgehead atoms. The van der Waals surface area contributed by atoms with Gasteiger partial charge in [-0.2, -0.15) is 0 Å². The maximum atomic E-state index is 11.6. The highest BCUT2D eigenvalue weighted by Crippen LogP contribution is 2.09. The van der Waals surface area contributed by atoms with E-state index in [9.17, 15) is 4.79 Å². The monoisotopic (exact) mass is 280 g/mol. The summed E-state index contributed by atoms with van der Waals surface area (Å²) in [5.74, 6) is -0.155. The van der Waals surface area contributed by atoms with Gasteiger partial charge in [0, 0.05) is 19.3 Å². The number of carbonyl (C=O) groups is 1. The van der Waals surface area contributed by atoms with Crippen LogP contribution in [0, 0.1) is 0 Å². The molecule has 0 unspecified atom stereocenters. The van der Waals surface area contributed by atoms with E-state index < -0.39 is 0 Å². The van der Waals surface area contributed by atoms with Gasteiger partial charge in [-0.05, 0) is 30.7 Å². The van der Waals surface area contributed by atoms with Gasteiger partial charge in [0.25, 0.3) is 0 Å². The van der Waals surface area contributed by atoms with Gasteiger partial charge in [-0.15, -0.1) is 0 Å². The molecule has 0 spiro atoms. The molecule has 5 heteroatoms. The van der Waals surface area contributed by atoms with Gasteiger partial charge in [0.2, 0.25) is 5.91 Å². The number of benzene rings is 1. The molecule has 0 fully saturated rings. The molecule has 1 rings (SSSR count). The number of nitrogens with one attached hydrogen (secondary N) is 2. The zero-order valence-corrected chi connectivity index (χ0v) is 12.3. The minimum absolute atomic E-state index is 0.0448. The Morgan fingerprint density at radius 1 is 1.20 bits per heavy atom. The van der Waals surface area contributed by atoms with Gasteiger partial charge in [-0.1, -0.05) is 19.1 Å². The number of hydrogen-bond donors (Lipinski definition) is 2. The van der Waals surface area contributed by atoms with Crippen molar-refractivity contribution in [3.8, 4) is 0 Å². The summed E-state index contributed by atoms with van der Waals surface area (Å²) < 4.78 is 9.98. The fraction of sp³-hybridized carbons (Fsp3) is 0.533. The van der Waals surface area contributed by atoms with E-state index in [4.69, 9.17) is 9.47 Å². The van der Waals surface area contributed by atoms with E-state index in [2.05, 4.69) is 17.6 Å². The summed E-state index contributed by atoms with van der Waals surface area (Å²) in [6.45, 7) is 4.96. The van der Waals surface area contributed by atoms with Crippen molar-refractivity contribution in [1.82, 2.24) is 5.32 Å². The zero-order valence-electron chi connectivity index (χ0n) is 12.3. The van der Waals surface area contributed by atoms with Gasteiger partial charge in [0.15, 0.2) is 0 Å². The Balaban J connectivity index is 2.27. The van der Waals surface area contributed by atoms with Crippen LogP contribution in [0.5, 0.6) is 0 Å². The van der Waals surface area contributed by atoms with Crippen LogP contribution in [0.3, 0.4) is 0 Å². The molecule has 20 heavy (non-hydrogen) atoms. The number of ether oxygens (including phenoxy) is 2.